The van der Waals surface area contributed by atoms with Crippen LogP contribution in [0.2, 0.25) is 0 Å². The lowest BCUT2D eigenvalue weighted by Crippen LogP contribution is -2.16. The van der Waals surface area contributed by atoms with E-state index in [1.165, 1.54) is 0 Å². The number of anilines is 2. The van der Waals surface area contributed by atoms with E-state index in [1.807, 2.05) is 13.8 Å². The first-order valence-corrected chi connectivity index (χ1v) is 4.38. The van der Waals surface area contributed by atoms with Gasteiger partial charge in [0.2, 0.25) is 11.9 Å². The molecule has 14 heavy (non-hydrogen) atoms. The fraction of sp³-hybridized carbons (Fsp3) is 0.444. The molecule has 0 aromatic carbocycles. The van der Waals surface area contributed by atoms with Crippen LogP contribution >= 0.6 is 0 Å². The van der Waals surface area contributed by atoms with Gasteiger partial charge in [0.25, 0.3) is 0 Å². The van der Waals surface area contributed by atoms with Gasteiger partial charge in [0.1, 0.15) is 5.82 Å². The smallest absolute Gasteiger partial charge is 0.228 e. The van der Waals surface area contributed by atoms with Gasteiger partial charge in [0, 0.05) is 6.42 Å². The number of hydrogen-bond acceptors (Lipinski definition) is 5. The van der Waals surface area contributed by atoms with Crippen molar-refractivity contribution in [3.05, 3.63) is 5.82 Å². The Kier molecular flexibility index (Phi) is 3.24. The summed E-state index contributed by atoms with van der Waals surface area (Å²) in [5.41, 5.74) is 5.50. The van der Waals surface area contributed by atoms with Gasteiger partial charge in [-0.15, -0.1) is 6.42 Å². The quantitative estimate of drug-likeness (QED) is 0.678. The molecule has 5 heteroatoms. The number of rotatable bonds is 3. The zero-order valence-electron chi connectivity index (χ0n) is 8.28. The van der Waals surface area contributed by atoms with Crippen molar-refractivity contribution in [3.8, 4) is 12.3 Å². The van der Waals surface area contributed by atoms with E-state index in [0.29, 0.717) is 18.2 Å². The molecule has 3 N–H and O–H groups in total. The number of nitrogens with zero attached hydrogens (tertiary/aromatic N) is 3. The van der Waals surface area contributed by atoms with Gasteiger partial charge < -0.3 is 11.1 Å². The molecule has 1 aromatic heterocycles. The van der Waals surface area contributed by atoms with Crippen LogP contribution in [0.1, 0.15) is 19.7 Å². The number of hydrogen-bond donors (Lipinski definition) is 2. The SMILES string of the molecule is C#CC(C)Nc1nc(N)nc(CC)n1. The number of nitrogen functional groups attached to an aromatic ring is 1. The van der Waals surface area contributed by atoms with Crippen LogP contribution < -0.4 is 11.1 Å². The molecular weight excluding hydrogens is 178 g/mol. The van der Waals surface area contributed by atoms with E-state index in [1.54, 1.807) is 0 Å². The average molecular weight is 191 g/mol. The van der Waals surface area contributed by atoms with Crippen LogP contribution in [0.15, 0.2) is 0 Å². The zero-order chi connectivity index (χ0) is 10.6. The van der Waals surface area contributed by atoms with E-state index >= 15 is 0 Å². The van der Waals surface area contributed by atoms with Crippen molar-refractivity contribution in [1.29, 1.82) is 0 Å². The standard InChI is InChI=1S/C9H13N5/c1-4-6(3)11-9-13-7(5-2)12-8(10)14-9/h1,6H,5H2,2-3H3,(H3,10,11,12,13,14). The van der Waals surface area contributed by atoms with Gasteiger partial charge in [-0.3, -0.25) is 0 Å². The maximum Gasteiger partial charge on any atom is 0.228 e. The molecule has 1 rings (SSSR count). The Labute approximate surface area is 83.2 Å². The molecule has 1 atom stereocenters. The number of terminal acetylenes is 1. The topological polar surface area (TPSA) is 76.7 Å². The highest BCUT2D eigenvalue weighted by Gasteiger charge is 2.04. The minimum absolute atomic E-state index is 0.124. The fourth-order valence-corrected chi connectivity index (χ4v) is 0.896. The Bertz CT molecular complexity index is 355. The number of nitrogens with one attached hydrogen (secondary N) is 1. The third-order valence-electron chi connectivity index (χ3n) is 1.61. The van der Waals surface area contributed by atoms with Gasteiger partial charge in [-0.1, -0.05) is 12.8 Å². The molecule has 0 spiro atoms. The predicted molar refractivity (Wildman–Crippen MR) is 55.5 cm³/mol. The van der Waals surface area contributed by atoms with Crippen LogP contribution in [0.25, 0.3) is 0 Å². The Morgan fingerprint density at radius 3 is 2.79 bits per heavy atom. The van der Waals surface area contributed by atoms with Gasteiger partial charge >= 0.3 is 0 Å². The van der Waals surface area contributed by atoms with E-state index in [-0.39, 0.29) is 12.0 Å². The summed E-state index contributed by atoms with van der Waals surface area (Å²) < 4.78 is 0. The minimum atomic E-state index is -0.124. The second-order valence-electron chi connectivity index (χ2n) is 2.82. The first-order chi connectivity index (χ1) is 6.65. The molecule has 74 valence electrons. The van der Waals surface area contributed by atoms with E-state index in [2.05, 4.69) is 26.2 Å². The molecule has 1 heterocycles. The Hall–Kier alpha value is -1.83. The lowest BCUT2D eigenvalue weighted by Gasteiger charge is -2.08. The maximum atomic E-state index is 5.50. The molecule has 0 aliphatic rings. The van der Waals surface area contributed by atoms with E-state index in [0.717, 1.165) is 0 Å². The van der Waals surface area contributed by atoms with E-state index in [4.69, 9.17) is 12.2 Å². The molecular formula is C9H13N5. The third-order valence-corrected chi connectivity index (χ3v) is 1.61. The second-order valence-corrected chi connectivity index (χ2v) is 2.82. The first-order valence-electron chi connectivity index (χ1n) is 4.38. The molecule has 5 nitrogen and oxygen atoms in total. The normalized spacial score (nSPS) is 11.8. The van der Waals surface area contributed by atoms with Gasteiger partial charge in [-0.25, -0.2) is 0 Å². The van der Waals surface area contributed by atoms with Crippen molar-refractivity contribution in [2.75, 3.05) is 11.1 Å². The maximum absolute atomic E-state index is 5.50. The highest BCUT2D eigenvalue weighted by atomic mass is 15.2. The van der Waals surface area contributed by atoms with E-state index < -0.39 is 0 Å². The molecule has 0 saturated heterocycles. The largest absolute Gasteiger partial charge is 0.368 e. The van der Waals surface area contributed by atoms with Crippen molar-refractivity contribution in [1.82, 2.24) is 15.0 Å². The van der Waals surface area contributed by atoms with Gasteiger partial charge in [0.05, 0.1) is 6.04 Å². The average Bonchev–Trinajstić information content (AvgIpc) is 2.16. The summed E-state index contributed by atoms with van der Waals surface area (Å²) in [5, 5.41) is 2.93. The van der Waals surface area contributed by atoms with Crippen molar-refractivity contribution >= 4 is 11.9 Å². The molecule has 0 radical (unpaired) electrons. The zero-order valence-corrected chi connectivity index (χ0v) is 8.28. The van der Waals surface area contributed by atoms with Gasteiger partial charge in [-0.05, 0) is 6.92 Å². The van der Waals surface area contributed by atoms with Gasteiger partial charge in [-0.2, -0.15) is 15.0 Å². The molecule has 0 bridgehead atoms. The molecule has 0 fully saturated rings. The van der Waals surface area contributed by atoms with Crippen molar-refractivity contribution in [2.24, 2.45) is 0 Å². The third kappa shape index (κ3) is 2.59. The highest BCUT2D eigenvalue weighted by molar-refractivity contribution is 5.34. The van der Waals surface area contributed by atoms with Crippen LogP contribution in [0.4, 0.5) is 11.9 Å². The predicted octanol–water partition coefficient (Wildman–Crippen LogP) is 0.450. The first kappa shape index (κ1) is 10.3. The molecule has 1 unspecified atom stereocenters. The summed E-state index contributed by atoms with van der Waals surface area (Å²) in [6.07, 6.45) is 5.93. The summed E-state index contributed by atoms with van der Waals surface area (Å²) >= 11 is 0. The van der Waals surface area contributed by atoms with E-state index in [9.17, 15) is 0 Å². The number of aromatic nitrogens is 3. The van der Waals surface area contributed by atoms with Crippen LogP contribution in [0.3, 0.4) is 0 Å². The Morgan fingerprint density at radius 1 is 1.50 bits per heavy atom. The Balaban J connectivity index is 2.87. The summed E-state index contributed by atoms with van der Waals surface area (Å²) in [6.45, 7) is 3.79. The van der Waals surface area contributed by atoms with Crippen molar-refractivity contribution < 1.29 is 0 Å². The molecule has 0 aliphatic carbocycles. The van der Waals surface area contributed by atoms with Crippen LogP contribution in [-0.4, -0.2) is 21.0 Å². The Morgan fingerprint density at radius 2 is 2.21 bits per heavy atom. The number of nitrogens with two attached hydrogens (primary N) is 1. The molecule has 0 amide bonds. The second kappa shape index (κ2) is 4.42. The van der Waals surface area contributed by atoms with Crippen LogP contribution in [0, 0.1) is 12.3 Å². The lowest BCUT2D eigenvalue weighted by molar-refractivity contribution is 0.887. The summed E-state index contributed by atoms with van der Waals surface area (Å²) in [5.74, 6) is 3.82. The molecule has 1 aromatic rings. The number of aryl methyl sites for hydroxylation is 1. The minimum Gasteiger partial charge on any atom is -0.368 e. The lowest BCUT2D eigenvalue weighted by atomic mass is 10.4. The van der Waals surface area contributed by atoms with Crippen LogP contribution in [0.5, 0.6) is 0 Å². The summed E-state index contributed by atoms with van der Waals surface area (Å²) in [4.78, 5) is 12.0. The highest BCUT2D eigenvalue weighted by Crippen LogP contribution is 2.04. The van der Waals surface area contributed by atoms with Crippen molar-refractivity contribution in [3.63, 3.8) is 0 Å². The van der Waals surface area contributed by atoms with Gasteiger partial charge in [0.15, 0.2) is 0 Å². The molecule has 0 saturated carbocycles. The summed E-state index contributed by atoms with van der Waals surface area (Å²) in [6, 6.07) is -0.124. The monoisotopic (exact) mass is 191 g/mol. The fourth-order valence-electron chi connectivity index (χ4n) is 0.896. The summed E-state index contributed by atoms with van der Waals surface area (Å²) in [7, 11) is 0. The van der Waals surface area contributed by atoms with Crippen molar-refractivity contribution in [2.45, 2.75) is 26.3 Å². The van der Waals surface area contributed by atoms with Crippen LogP contribution in [-0.2, 0) is 6.42 Å². The molecule has 0 aliphatic heterocycles.